The Balaban J connectivity index is 1.70. The third-order valence-electron chi connectivity index (χ3n) is 4.30. The van der Waals surface area contributed by atoms with E-state index >= 15 is 0 Å². The summed E-state index contributed by atoms with van der Waals surface area (Å²) in [6.45, 7) is 4.57. The Kier molecular flexibility index (Phi) is 5.56. The van der Waals surface area contributed by atoms with E-state index in [-0.39, 0.29) is 10.7 Å². The van der Waals surface area contributed by atoms with Gasteiger partial charge in [0, 0.05) is 21.3 Å². The summed E-state index contributed by atoms with van der Waals surface area (Å²) in [5.74, 6) is -1.65. The number of thiophene rings is 1. The van der Waals surface area contributed by atoms with Crippen molar-refractivity contribution >= 4 is 44.8 Å². The second-order valence-electron chi connectivity index (χ2n) is 6.34. The molecule has 5 nitrogen and oxygen atoms in total. The maximum atomic E-state index is 14.0. The van der Waals surface area contributed by atoms with Crippen molar-refractivity contribution < 1.29 is 23.5 Å². The third kappa shape index (κ3) is 3.94. The van der Waals surface area contributed by atoms with Gasteiger partial charge in [0.25, 0.3) is 5.91 Å². The zero-order valence-electron chi connectivity index (χ0n) is 15.5. The van der Waals surface area contributed by atoms with Gasteiger partial charge in [-0.3, -0.25) is 9.59 Å². The quantitative estimate of drug-likeness (QED) is 0.497. The normalized spacial score (nSPS) is 11.9. The largest absolute Gasteiger partial charge is 0.448 e. The van der Waals surface area contributed by atoms with Gasteiger partial charge in [-0.15, -0.1) is 11.3 Å². The number of benzene rings is 2. The summed E-state index contributed by atoms with van der Waals surface area (Å²) >= 11 is 1.13. The number of amides is 1. The summed E-state index contributed by atoms with van der Waals surface area (Å²) in [7, 11) is 0. The Morgan fingerprint density at radius 3 is 2.39 bits per heavy atom. The Morgan fingerprint density at radius 2 is 1.79 bits per heavy atom. The number of Topliss-reactive ketones (excluding diaryl/α,β-unsaturated/α-hetero) is 1. The minimum atomic E-state index is -1.05. The SMILES string of the molecule is CC(=O)c1ccc(NC(=O)[C@@H](C)OC(=O)c2sc3cccc(F)c3c2C)cc1. The number of ether oxygens (including phenoxy) is 1. The molecule has 0 radical (unpaired) electrons. The first kappa shape index (κ1) is 19.7. The highest BCUT2D eigenvalue weighted by atomic mass is 32.1. The maximum absolute atomic E-state index is 14.0. The molecule has 144 valence electrons. The summed E-state index contributed by atoms with van der Waals surface area (Å²) in [6, 6.07) is 11.0. The van der Waals surface area contributed by atoms with Crippen LogP contribution < -0.4 is 5.32 Å². The van der Waals surface area contributed by atoms with E-state index in [1.54, 1.807) is 43.3 Å². The molecule has 0 spiro atoms. The van der Waals surface area contributed by atoms with E-state index in [4.69, 9.17) is 4.74 Å². The van der Waals surface area contributed by atoms with E-state index in [0.29, 0.717) is 26.9 Å². The molecule has 0 aliphatic rings. The minimum Gasteiger partial charge on any atom is -0.448 e. The fourth-order valence-corrected chi connectivity index (χ4v) is 3.85. The highest BCUT2D eigenvalue weighted by Crippen LogP contribution is 2.33. The second-order valence-corrected chi connectivity index (χ2v) is 7.39. The predicted octanol–water partition coefficient (Wildman–Crippen LogP) is 4.74. The molecule has 1 heterocycles. The van der Waals surface area contributed by atoms with Gasteiger partial charge in [-0.2, -0.15) is 0 Å². The van der Waals surface area contributed by atoms with E-state index in [2.05, 4.69) is 5.32 Å². The number of nitrogens with one attached hydrogen (secondary N) is 1. The minimum absolute atomic E-state index is 0.0738. The standard InChI is InChI=1S/C21H18FNO4S/c1-11-18-16(22)5-4-6-17(18)28-19(11)21(26)27-13(3)20(25)23-15-9-7-14(8-10-15)12(2)24/h4-10,13H,1-3H3,(H,23,25)/t13-/m1/s1. The van der Waals surface area contributed by atoms with Gasteiger partial charge in [-0.25, -0.2) is 9.18 Å². The second kappa shape index (κ2) is 7.90. The highest BCUT2D eigenvalue weighted by Gasteiger charge is 2.23. The summed E-state index contributed by atoms with van der Waals surface area (Å²) in [5, 5.41) is 3.02. The summed E-state index contributed by atoms with van der Waals surface area (Å²) in [6.07, 6.45) is -1.05. The lowest BCUT2D eigenvalue weighted by Gasteiger charge is -2.13. The van der Waals surface area contributed by atoms with Crippen molar-refractivity contribution in [1.82, 2.24) is 0 Å². The molecule has 3 rings (SSSR count). The Bertz CT molecular complexity index is 1070. The van der Waals surface area contributed by atoms with Crippen molar-refractivity contribution in [2.24, 2.45) is 0 Å². The van der Waals surface area contributed by atoms with Gasteiger partial charge in [0.05, 0.1) is 0 Å². The van der Waals surface area contributed by atoms with E-state index < -0.39 is 23.8 Å². The summed E-state index contributed by atoms with van der Waals surface area (Å²) in [4.78, 5) is 36.3. The van der Waals surface area contributed by atoms with Gasteiger partial charge < -0.3 is 10.1 Å². The number of carbonyl (C=O) groups excluding carboxylic acids is 3. The highest BCUT2D eigenvalue weighted by molar-refractivity contribution is 7.21. The van der Waals surface area contributed by atoms with Crippen LogP contribution in [0, 0.1) is 12.7 Å². The molecule has 1 aromatic heterocycles. The lowest BCUT2D eigenvalue weighted by molar-refractivity contribution is -0.123. The van der Waals surface area contributed by atoms with Gasteiger partial charge in [0.2, 0.25) is 0 Å². The van der Waals surface area contributed by atoms with Crippen LogP contribution in [-0.2, 0) is 9.53 Å². The molecule has 0 unspecified atom stereocenters. The van der Waals surface area contributed by atoms with Crippen LogP contribution in [0.4, 0.5) is 10.1 Å². The number of esters is 1. The van der Waals surface area contributed by atoms with Gasteiger partial charge >= 0.3 is 5.97 Å². The lowest BCUT2D eigenvalue weighted by atomic mass is 10.1. The number of anilines is 1. The first-order valence-corrected chi connectivity index (χ1v) is 9.40. The Hall–Kier alpha value is -3.06. The van der Waals surface area contributed by atoms with E-state index in [1.807, 2.05) is 0 Å². The average molecular weight is 399 g/mol. The molecule has 7 heteroatoms. The molecule has 0 bridgehead atoms. The molecule has 1 atom stereocenters. The molecule has 0 aliphatic carbocycles. The number of carbonyl (C=O) groups is 3. The van der Waals surface area contributed by atoms with Gasteiger partial charge in [-0.1, -0.05) is 6.07 Å². The molecular weight excluding hydrogens is 381 g/mol. The number of halogens is 1. The van der Waals surface area contributed by atoms with Gasteiger partial charge in [-0.05, 0) is 62.7 Å². The fraction of sp³-hybridized carbons (Fsp3) is 0.190. The molecule has 1 N–H and O–H groups in total. The summed E-state index contributed by atoms with van der Waals surface area (Å²) < 4.78 is 19.9. The Labute approximate surface area is 165 Å². The van der Waals surface area contributed by atoms with E-state index in [1.165, 1.54) is 19.9 Å². The topological polar surface area (TPSA) is 72.5 Å². The van der Waals surface area contributed by atoms with Crippen molar-refractivity contribution in [3.8, 4) is 0 Å². The van der Waals surface area contributed by atoms with Gasteiger partial charge in [0.1, 0.15) is 10.7 Å². The zero-order chi connectivity index (χ0) is 20.4. The van der Waals surface area contributed by atoms with Crippen LogP contribution in [0.3, 0.4) is 0 Å². The zero-order valence-corrected chi connectivity index (χ0v) is 16.4. The number of rotatable bonds is 5. The van der Waals surface area contributed by atoms with E-state index in [9.17, 15) is 18.8 Å². The van der Waals surface area contributed by atoms with Crippen LogP contribution in [0.2, 0.25) is 0 Å². The first-order chi connectivity index (χ1) is 13.3. The first-order valence-electron chi connectivity index (χ1n) is 8.58. The number of hydrogen-bond acceptors (Lipinski definition) is 5. The number of hydrogen-bond donors (Lipinski definition) is 1. The van der Waals surface area contributed by atoms with Gasteiger partial charge in [0.15, 0.2) is 11.9 Å². The smallest absolute Gasteiger partial charge is 0.349 e. The van der Waals surface area contributed by atoms with Crippen molar-refractivity contribution in [3.05, 3.63) is 64.3 Å². The van der Waals surface area contributed by atoms with Crippen molar-refractivity contribution in [3.63, 3.8) is 0 Å². The molecule has 0 aliphatic heterocycles. The molecular formula is C21H18FNO4S. The van der Waals surface area contributed by atoms with Crippen LogP contribution in [0.5, 0.6) is 0 Å². The fourth-order valence-electron chi connectivity index (χ4n) is 2.75. The van der Waals surface area contributed by atoms with Crippen LogP contribution in [-0.4, -0.2) is 23.8 Å². The van der Waals surface area contributed by atoms with Crippen LogP contribution >= 0.6 is 11.3 Å². The number of ketones is 1. The lowest BCUT2D eigenvalue weighted by Crippen LogP contribution is -2.29. The Morgan fingerprint density at radius 1 is 1.11 bits per heavy atom. The van der Waals surface area contributed by atoms with Crippen molar-refractivity contribution in [2.45, 2.75) is 26.9 Å². The molecule has 2 aromatic carbocycles. The molecule has 0 saturated carbocycles. The third-order valence-corrected chi connectivity index (χ3v) is 5.54. The van der Waals surface area contributed by atoms with Crippen LogP contribution in [0.15, 0.2) is 42.5 Å². The number of aryl methyl sites for hydroxylation is 1. The average Bonchev–Trinajstić information content (AvgIpc) is 3.00. The van der Waals surface area contributed by atoms with Crippen molar-refractivity contribution in [2.75, 3.05) is 5.32 Å². The molecule has 0 saturated heterocycles. The molecule has 28 heavy (non-hydrogen) atoms. The number of fused-ring (bicyclic) bond motifs is 1. The van der Waals surface area contributed by atoms with Crippen LogP contribution in [0.1, 0.15) is 39.4 Å². The molecule has 3 aromatic rings. The monoisotopic (exact) mass is 399 g/mol. The predicted molar refractivity (Wildman–Crippen MR) is 106 cm³/mol. The van der Waals surface area contributed by atoms with E-state index in [0.717, 1.165) is 11.3 Å². The van der Waals surface area contributed by atoms with Crippen LogP contribution in [0.25, 0.3) is 10.1 Å². The maximum Gasteiger partial charge on any atom is 0.349 e. The molecule has 0 fully saturated rings. The van der Waals surface area contributed by atoms with Crippen molar-refractivity contribution in [1.29, 1.82) is 0 Å². The summed E-state index contributed by atoms with van der Waals surface area (Å²) in [5.41, 5.74) is 1.51. The molecule has 1 amide bonds.